The van der Waals surface area contributed by atoms with E-state index in [-0.39, 0.29) is 5.91 Å². The highest BCUT2D eigenvalue weighted by atomic mass is 16.5. The van der Waals surface area contributed by atoms with Crippen molar-refractivity contribution in [3.05, 3.63) is 17.8 Å². The van der Waals surface area contributed by atoms with E-state index >= 15 is 0 Å². The Labute approximate surface area is 133 Å². The molecule has 0 spiro atoms. The highest BCUT2D eigenvalue weighted by molar-refractivity contribution is 5.97. The number of pyridine rings is 1. The van der Waals surface area contributed by atoms with Gasteiger partial charge >= 0.3 is 0 Å². The van der Waals surface area contributed by atoms with Crippen molar-refractivity contribution in [2.75, 3.05) is 18.5 Å². The molecule has 0 radical (unpaired) electrons. The summed E-state index contributed by atoms with van der Waals surface area (Å²) in [5.74, 6) is 0.438. The number of carbonyl (C=O) groups excluding carboxylic acids is 1. The highest BCUT2D eigenvalue weighted by Gasteiger charge is 2.32. The second kappa shape index (κ2) is 8.73. The van der Waals surface area contributed by atoms with Crippen molar-refractivity contribution in [2.24, 2.45) is 0 Å². The van der Waals surface area contributed by atoms with Gasteiger partial charge in [0.25, 0.3) is 5.91 Å². The molecule has 22 heavy (non-hydrogen) atoms. The highest BCUT2D eigenvalue weighted by Crippen LogP contribution is 2.22. The average Bonchev–Trinajstić information content (AvgIpc) is 2.50. The number of nitrogens with zero attached hydrogens (tertiary/aromatic N) is 1. The van der Waals surface area contributed by atoms with E-state index in [0.717, 1.165) is 18.5 Å². The minimum atomic E-state index is -0.822. The van der Waals surface area contributed by atoms with Crippen molar-refractivity contribution in [3.8, 4) is 5.88 Å². The summed E-state index contributed by atoms with van der Waals surface area (Å²) >= 11 is 0. The first kappa shape index (κ1) is 18.4. The molecule has 5 nitrogen and oxygen atoms in total. The van der Waals surface area contributed by atoms with Crippen molar-refractivity contribution >= 4 is 11.6 Å². The van der Waals surface area contributed by atoms with Gasteiger partial charge in [-0.2, -0.15) is 0 Å². The summed E-state index contributed by atoms with van der Waals surface area (Å²) in [7, 11) is 0. The van der Waals surface area contributed by atoms with Gasteiger partial charge in [-0.25, -0.2) is 4.98 Å². The molecule has 0 aliphatic carbocycles. The van der Waals surface area contributed by atoms with Crippen LogP contribution in [0.3, 0.4) is 0 Å². The van der Waals surface area contributed by atoms with Crippen LogP contribution in [0.15, 0.2) is 12.1 Å². The number of ether oxygens (including phenoxy) is 2. The number of nitrogens with one attached hydrogen (secondary N) is 1. The molecule has 1 amide bonds. The van der Waals surface area contributed by atoms with Crippen LogP contribution in [0.5, 0.6) is 5.88 Å². The van der Waals surface area contributed by atoms with Gasteiger partial charge < -0.3 is 14.8 Å². The molecule has 1 unspecified atom stereocenters. The third-order valence-electron chi connectivity index (χ3n) is 3.67. The summed E-state index contributed by atoms with van der Waals surface area (Å²) in [4.78, 5) is 16.8. The zero-order chi connectivity index (χ0) is 16.6. The normalized spacial score (nSPS) is 13.5. The zero-order valence-corrected chi connectivity index (χ0v) is 14.4. The molecule has 0 aromatic carbocycles. The Balaban J connectivity index is 2.75. The number of rotatable bonds is 9. The van der Waals surface area contributed by atoms with Crippen molar-refractivity contribution in [1.29, 1.82) is 0 Å². The lowest BCUT2D eigenvalue weighted by atomic mass is 10.0. The Morgan fingerprint density at radius 2 is 2.05 bits per heavy atom. The SMILES string of the molecule is CCCCOc1ccc(NC(=O)C(C)(CC)OCC)c(C)n1. The summed E-state index contributed by atoms with van der Waals surface area (Å²) in [6.45, 7) is 10.8. The first-order valence-electron chi connectivity index (χ1n) is 8.02. The average molecular weight is 308 g/mol. The molecular formula is C17H28N2O3. The molecule has 1 heterocycles. The maximum Gasteiger partial charge on any atom is 0.256 e. The van der Waals surface area contributed by atoms with Crippen LogP contribution in [-0.4, -0.2) is 29.7 Å². The number of hydrogen-bond acceptors (Lipinski definition) is 4. The number of carbonyl (C=O) groups is 1. The smallest absolute Gasteiger partial charge is 0.256 e. The molecule has 1 atom stereocenters. The lowest BCUT2D eigenvalue weighted by Gasteiger charge is -2.27. The predicted octanol–water partition coefficient (Wildman–Crippen LogP) is 3.71. The Bertz CT molecular complexity index is 491. The Hall–Kier alpha value is -1.62. The monoisotopic (exact) mass is 308 g/mol. The second-order valence-electron chi connectivity index (χ2n) is 5.46. The number of anilines is 1. The Morgan fingerprint density at radius 3 is 2.59 bits per heavy atom. The quantitative estimate of drug-likeness (QED) is 0.706. The Morgan fingerprint density at radius 1 is 1.32 bits per heavy atom. The molecular weight excluding hydrogens is 280 g/mol. The number of aromatic nitrogens is 1. The lowest BCUT2D eigenvalue weighted by molar-refractivity contribution is -0.139. The summed E-state index contributed by atoms with van der Waals surface area (Å²) in [5.41, 5.74) is 0.599. The summed E-state index contributed by atoms with van der Waals surface area (Å²) in [6.07, 6.45) is 2.69. The van der Waals surface area contributed by atoms with Crippen LogP contribution in [0.1, 0.15) is 52.7 Å². The standard InChI is InChI=1S/C17H28N2O3/c1-6-9-12-21-15-11-10-14(13(4)18-15)19-16(20)17(5,7-2)22-8-3/h10-11H,6-9,12H2,1-5H3,(H,19,20). The lowest BCUT2D eigenvalue weighted by Crippen LogP contribution is -2.42. The van der Waals surface area contributed by atoms with E-state index in [2.05, 4.69) is 17.2 Å². The molecule has 0 aliphatic heterocycles. The number of amides is 1. The maximum atomic E-state index is 12.4. The van der Waals surface area contributed by atoms with Gasteiger partial charge in [0.1, 0.15) is 5.60 Å². The van der Waals surface area contributed by atoms with Crippen LogP contribution in [0, 0.1) is 6.92 Å². The van der Waals surface area contributed by atoms with Gasteiger partial charge in [0.15, 0.2) is 0 Å². The molecule has 0 saturated carbocycles. The van der Waals surface area contributed by atoms with Gasteiger partial charge in [0.05, 0.1) is 18.0 Å². The van der Waals surface area contributed by atoms with Gasteiger partial charge in [-0.15, -0.1) is 0 Å². The molecule has 1 rings (SSSR count). The van der Waals surface area contributed by atoms with Crippen LogP contribution >= 0.6 is 0 Å². The largest absolute Gasteiger partial charge is 0.478 e. The van der Waals surface area contributed by atoms with Crippen molar-refractivity contribution in [1.82, 2.24) is 4.98 Å². The van der Waals surface area contributed by atoms with E-state index in [1.807, 2.05) is 26.8 Å². The fourth-order valence-corrected chi connectivity index (χ4v) is 1.97. The number of aryl methyl sites for hydroxylation is 1. The first-order valence-corrected chi connectivity index (χ1v) is 8.02. The molecule has 1 aromatic heterocycles. The molecule has 5 heteroatoms. The molecule has 1 aromatic rings. The van der Waals surface area contributed by atoms with E-state index in [9.17, 15) is 4.79 Å². The van der Waals surface area contributed by atoms with E-state index in [1.165, 1.54) is 0 Å². The number of hydrogen-bond donors (Lipinski definition) is 1. The van der Waals surface area contributed by atoms with Gasteiger partial charge in [0, 0.05) is 12.7 Å². The summed E-state index contributed by atoms with van der Waals surface area (Å²) in [6, 6.07) is 3.60. The van der Waals surface area contributed by atoms with Crippen LogP contribution in [-0.2, 0) is 9.53 Å². The van der Waals surface area contributed by atoms with Crippen LogP contribution in [0.25, 0.3) is 0 Å². The minimum absolute atomic E-state index is 0.151. The van der Waals surface area contributed by atoms with Crippen LogP contribution < -0.4 is 10.1 Å². The topological polar surface area (TPSA) is 60.5 Å². The van der Waals surface area contributed by atoms with E-state index < -0.39 is 5.60 Å². The molecule has 1 N–H and O–H groups in total. The summed E-state index contributed by atoms with van der Waals surface area (Å²) < 4.78 is 11.2. The van der Waals surface area contributed by atoms with Crippen molar-refractivity contribution < 1.29 is 14.3 Å². The van der Waals surface area contributed by atoms with Crippen LogP contribution in [0.4, 0.5) is 5.69 Å². The zero-order valence-electron chi connectivity index (χ0n) is 14.4. The third kappa shape index (κ3) is 4.98. The van der Waals surface area contributed by atoms with Gasteiger partial charge in [-0.1, -0.05) is 20.3 Å². The van der Waals surface area contributed by atoms with E-state index in [1.54, 1.807) is 13.0 Å². The fourth-order valence-electron chi connectivity index (χ4n) is 1.97. The summed E-state index contributed by atoms with van der Waals surface area (Å²) in [5, 5.41) is 2.90. The third-order valence-corrected chi connectivity index (χ3v) is 3.67. The molecule has 0 fully saturated rings. The first-order chi connectivity index (χ1) is 10.5. The molecule has 0 aliphatic rings. The fraction of sp³-hybridized carbons (Fsp3) is 0.647. The van der Waals surface area contributed by atoms with Crippen molar-refractivity contribution in [2.45, 2.75) is 59.5 Å². The maximum absolute atomic E-state index is 12.4. The minimum Gasteiger partial charge on any atom is -0.478 e. The number of unbranched alkanes of at least 4 members (excludes halogenated alkanes) is 1. The van der Waals surface area contributed by atoms with Crippen molar-refractivity contribution in [3.63, 3.8) is 0 Å². The van der Waals surface area contributed by atoms with E-state index in [4.69, 9.17) is 9.47 Å². The second-order valence-corrected chi connectivity index (χ2v) is 5.46. The van der Waals surface area contributed by atoms with Gasteiger partial charge in [0.2, 0.25) is 5.88 Å². The van der Waals surface area contributed by atoms with E-state index in [0.29, 0.717) is 31.2 Å². The Kier molecular flexibility index (Phi) is 7.32. The van der Waals surface area contributed by atoms with Gasteiger partial charge in [-0.05, 0) is 39.7 Å². The molecule has 124 valence electrons. The molecule has 0 bridgehead atoms. The van der Waals surface area contributed by atoms with Crippen LogP contribution in [0.2, 0.25) is 0 Å². The van der Waals surface area contributed by atoms with Gasteiger partial charge in [-0.3, -0.25) is 4.79 Å². The molecule has 0 saturated heterocycles. The predicted molar refractivity (Wildman–Crippen MR) is 88.3 cm³/mol.